The van der Waals surface area contributed by atoms with Crippen molar-refractivity contribution in [2.24, 2.45) is 5.73 Å². The third-order valence-electron chi connectivity index (χ3n) is 1.63. The fourth-order valence-corrected chi connectivity index (χ4v) is 1.94. The molecule has 1 aromatic rings. The molecular formula is C9H13ClN2S. The highest BCUT2D eigenvalue weighted by Gasteiger charge is 2.05. The average molecular weight is 217 g/mol. The molecule has 0 spiro atoms. The van der Waals surface area contributed by atoms with Crippen molar-refractivity contribution in [3.8, 4) is 0 Å². The molecule has 2 nitrogen and oxygen atoms in total. The quantitative estimate of drug-likeness (QED) is 0.603. The minimum atomic E-state index is 0.378. The Morgan fingerprint density at radius 2 is 2.23 bits per heavy atom. The van der Waals surface area contributed by atoms with Crippen molar-refractivity contribution >= 4 is 29.1 Å². The first kappa shape index (κ1) is 10.7. The lowest BCUT2D eigenvalue weighted by Crippen LogP contribution is -2.12. The summed E-state index contributed by atoms with van der Waals surface area (Å²) in [7, 11) is 0. The molecule has 1 rings (SSSR count). The van der Waals surface area contributed by atoms with Gasteiger partial charge in [-0.05, 0) is 18.2 Å². The normalized spacial score (nSPS) is 12.8. The summed E-state index contributed by atoms with van der Waals surface area (Å²) in [6, 6.07) is 5.52. The standard InChI is InChI=1S/C9H13ClN2S/c1-6(5-11)13-9-3-2-7(10)4-8(9)12/h2-4,6H,5,11-12H2,1H3. The summed E-state index contributed by atoms with van der Waals surface area (Å²) in [6.07, 6.45) is 0. The van der Waals surface area contributed by atoms with Gasteiger partial charge in [-0.15, -0.1) is 11.8 Å². The smallest absolute Gasteiger partial charge is 0.0467 e. The van der Waals surface area contributed by atoms with Crippen LogP contribution >= 0.6 is 23.4 Å². The Morgan fingerprint density at radius 1 is 1.54 bits per heavy atom. The SMILES string of the molecule is CC(CN)Sc1ccc(Cl)cc1N. The number of rotatable bonds is 3. The lowest BCUT2D eigenvalue weighted by Gasteiger charge is -2.10. The van der Waals surface area contributed by atoms with Crippen LogP contribution in [-0.2, 0) is 0 Å². The van der Waals surface area contributed by atoms with Gasteiger partial charge in [0.15, 0.2) is 0 Å². The minimum Gasteiger partial charge on any atom is -0.398 e. The highest BCUT2D eigenvalue weighted by Crippen LogP contribution is 2.30. The first-order chi connectivity index (χ1) is 6.13. The molecule has 0 heterocycles. The van der Waals surface area contributed by atoms with Crippen molar-refractivity contribution in [3.63, 3.8) is 0 Å². The molecule has 0 bridgehead atoms. The van der Waals surface area contributed by atoms with E-state index in [1.54, 1.807) is 17.8 Å². The fourth-order valence-electron chi connectivity index (χ4n) is 0.892. The number of anilines is 1. The van der Waals surface area contributed by atoms with Crippen LogP contribution < -0.4 is 11.5 Å². The molecule has 4 heteroatoms. The molecule has 4 N–H and O–H groups in total. The molecule has 1 unspecified atom stereocenters. The molecule has 0 aliphatic rings. The van der Waals surface area contributed by atoms with Gasteiger partial charge < -0.3 is 11.5 Å². The van der Waals surface area contributed by atoms with Crippen molar-refractivity contribution in [2.75, 3.05) is 12.3 Å². The summed E-state index contributed by atoms with van der Waals surface area (Å²) in [4.78, 5) is 1.04. The van der Waals surface area contributed by atoms with Crippen LogP contribution in [0.5, 0.6) is 0 Å². The van der Waals surface area contributed by atoms with Gasteiger partial charge in [0.05, 0.1) is 0 Å². The number of benzene rings is 1. The highest BCUT2D eigenvalue weighted by molar-refractivity contribution is 8.00. The molecule has 72 valence electrons. The summed E-state index contributed by atoms with van der Waals surface area (Å²) in [6.45, 7) is 2.71. The van der Waals surface area contributed by atoms with E-state index in [1.807, 2.05) is 12.1 Å². The first-order valence-corrected chi connectivity index (χ1v) is 5.31. The van der Waals surface area contributed by atoms with Crippen molar-refractivity contribution in [2.45, 2.75) is 17.1 Å². The predicted octanol–water partition coefficient (Wildman–Crippen LogP) is 2.36. The van der Waals surface area contributed by atoms with Gasteiger partial charge in [-0.25, -0.2) is 0 Å². The third kappa shape index (κ3) is 3.10. The minimum absolute atomic E-state index is 0.378. The lowest BCUT2D eigenvalue weighted by molar-refractivity contribution is 0.951. The van der Waals surface area contributed by atoms with Crippen molar-refractivity contribution in [1.29, 1.82) is 0 Å². The van der Waals surface area contributed by atoms with Crippen LogP contribution in [0.3, 0.4) is 0 Å². The monoisotopic (exact) mass is 216 g/mol. The van der Waals surface area contributed by atoms with Gasteiger partial charge in [0.1, 0.15) is 0 Å². The lowest BCUT2D eigenvalue weighted by atomic mass is 10.3. The topological polar surface area (TPSA) is 52.0 Å². The Bertz CT molecular complexity index is 291. The van der Waals surface area contributed by atoms with Gasteiger partial charge in [-0.3, -0.25) is 0 Å². The zero-order chi connectivity index (χ0) is 9.84. The first-order valence-electron chi connectivity index (χ1n) is 4.05. The molecule has 0 saturated heterocycles. The second-order valence-electron chi connectivity index (χ2n) is 2.85. The van der Waals surface area contributed by atoms with Crippen LogP contribution in [0.15, 0.2) is 23.1 Å². The molecule has 0 aliphatic heterocycles. The van der Waals surface area contributed by atoms with Gasteiger partial charge in [0, 0.05) is 27.4 Å². The van der Waals surface area contributed by atoms with Gasteiger partial charge in [-0.1, -0.05) is 18.5 Å². The molecule has 0 amide bonds. The fraction of sp³-hybridized carbons (Fsp3) is 0.333. The van der Waals surface area contributed by atoms with E-state index in [2.05, 4.69) is 6.92 Å². The third-order valence-corrected chi connectivity index (χ3v) is 3.09. The zero-order valence-corrected chi connectivity index (χ0v) is 9.03. The van der Waals surface area contributed by atoms with Crippen LogP contribution in [0.2, 0.25) is 5.02 Å². The number of hydrogen-bond acceptors (Lipinski definition) is 3. The summed E-state index contributed by atoms with van der Waals surface area (Å²) >= 11 is 7.44. The number of halogens is 1. The van der Waals surface area contributed by atoms with E-state index >= 15 is 0 Å². The Balaban J connectivity index is 2.77. The van der Waals surface area contributed by atoms with Crippen LogP contribution in [0.1, 0.15) is 6.92 Å². The van der Waals surface area contributed by atoms with Gasteiger partial charge >= 0.3 is 0 Å². The molecule has 0 aliphatic carbocycles. The zero-order valence-electron chi connectivity index (χ0n) is 7.46. The van der Waals surface area contributed by atoms with Gasteiger partial charge in [0.2, 0.25) is 0 Å². The summed E-state index contributed by atoms with van der Waals surface area (Å²) in [5.41, 5.74) is 12.0. The second-order valence-corrected chi connectivity index (χ2v) is 4.76. The van der Waals surface area contributed by atoms with E-state index in [4.69, 9.17) is 23.1 Å². The number of nitrogens with two attached hydrogens (primary N) is 2. The second kappa shape index (κ2) is 4.74. The van der Waals surface area contributed by atoms with Crippen LogP contribution in [0.25, 0.3) is 0 Å². The van der Waals surface area contributed by atoms with E-state index in [1.165, 1.54) is 0 Å². The Morgan fingerprint density at radius 3 is 2.77 bits per heavy atom. The predicted molar refractivity (Wildman–Crippen MR) is 60.2 cm³/mol. The van der Waals surface area contributed by atoms with E-state index in [0.717, 1.165) is 10.6 Å². The van der Waals surface area contributed by atoms with Crippen LogP contribution in [0, 0.1) is 0 Å². The Hall–Kier alpha value is -0.380. The van der Waals surface area contributed by atoms with E-state index in [-0.39, 0.29) is 0 Å². The van der Waals surface area contributed by atoms with E-state index < -0.39 is 0 Å². The van der Waals surface area contributed by atoms with Crippen LogP contribution in [-0.4, -0.2) is 11.8 Å². The maximum absolute atomic E-state index is 5.78. The number of nitrogen functional groups attached to an aromatic ring is 1. The molecule has 0 fully saturated rings. The molecule has 13 heavy (non-hydrogen) atoms. The van der Waals surface area contributed by atoms with Crippen LogP contribution in [0.4, 0.5) is 5.69 Å². The summed E-state index contributed by atoms with van der Waals surface area (Å²) in [5.74, 6) is 0. The highest BCUT2D eigenvalue weighted by atomic mass is 35.5. The van der Waals surface area contributed by atoms with E-state index in [0.29, 0.717) is 16.8 Å². The number of hydrogen-bond donors (Lipinski definition) is 2. The molecule has 0 radical (unpaired) electrons. The van der Waals surface area contributed by atoms with Gasteiger partial charge in [-0.2, -0.15) is 0 Å². The summed E-state index contributed by atoms with van der Waals surface area (Å²) in [5, 5.41) is 1.05. The van der Waals surface area contributed by atoms with Gasteiger partial charge in [0.25, 0.3) is 0 Å². The van der Waals surface area contributed by atoms with E-state index in [9.17, 15) is 0 Å². The maximum atomic E-state index is 5.78. The molecule has 0 saturated carbocycles. The Labute approximate surface area is 87.6 Å². The van der Waals surface area contributed by atoms with Crippen molar-refractivity contribution < 1.29 is 0 Å². The average Bonchev–Trinajstić information content (AvgIpc) is 2.09. The van der Waals surface area contributed by atoms with Crippen molar-refractivity contribution in [3.05, 3.63) is 23.2 Å². The maximum Gasteiger partial charge on any atom is 0.0467 e. The molecule has 0 aromatic heterocycles. The largest absolute Gasteiger partial charge is 0.398 e. The molecular weight excluding hydrogens is 204 g/mol. The van der Waals surface area contributed by atoms with Crippen molar-refractivity contribution in [1.82, 2.24) is 0 Å². The molecule has 1 aromatic carbocycles. The Kier molecular flexibility index (Phi) is 3.90. The number of thioether (sulfide) groups is 1. The molecule has 1 atom stereocenters. The summed E-state index contributed by atoms with van der Waals surface area (Å²) < 4.78 is 0.